The van der Waals surface area contributed by atoms with Crippen LogP contribution in [0.2, 0.25) is 0 Å². The molecule has 1 aromatic rings. The van der Waals surface area contributed by atoms with Crippen LogP contribution in [-0.2, 0) is 9.59 Å². The highest BCUT2D eigenvalue weighted by Gasteiger charge is 2.22. The number of rotatable bonds is 3. The van der Waals surface area contributed by atoms with Crippen molar-refractivity contribution < 1.29 is 19.4 Å². The lowest BCUT2D eigenvalue weighted by Gasteiger charge is -2.06. The summed E-state index contributed by atoms with van der Waals surface area (Å²) in [7, 11) is 0. The van der Waals surface area contributed by atoms with Crippen molar-refractivity contribution in [3.63, 3.8) is 0 Å². The molecular formula is C10H9BrO4. The third kappa shape index (κ3) is 3.36. The molecule has 4 nitrogen and oxygen atoms in total. The Morgan fingerprint density at radius 3 is 2.33 bits per heavy atom. The van der Waals surface area contributed by atoms with Gasteiger partial charge in [-0.3, -0.25) is 9.59 Å². The first kappa shape index (κ1) is 11.7. The van der Waals surface area contributed by atoms with Crippen molar-refractivity contribution in [3.05, 3.63) is 28.7 Å². The van der Waals surface area contributed by atoms with Gasteiger partial charge in [0.15, 0.2) is 5.92 Å². The number of carboxylic acids is 1. The summed E-state index contributed by atoms with van der Waals surface area (Å²) in [4.78, 5) is 21.7. The zero-order chi connectivity index (χ0) is 11.4. The van der Waals surface area contributed by atoms with Crippen LogP contribution in [0.4, 0.5) is 0 Å². The molecule has 0 radical (unpaired) electrons. The Hall–Kier alpha value is -1.36. The monoisotopic (exact) mass is 272 g/mol. The van der Waals surface area contributed by atoms with E-state index in [1.54, 1.807) is 24.3 Å². The summed E-state index contributed by atoms with van der Waals surface area (Å²) in [6.07, 6.45) is 0. The van der Waals surface area contributed by atoms with Gasteiger partial charge >= 0.3 is 11.9 Å². The molecule has 0 aliphatic heterocycles. The topological polar surface area (TPSA) is 63.6 Å². The van der Waals surface area contributed by atoms with E-state index in [9.17, 15) is 9.59 Å². The highest BCUT2D eigenvalue weighted by molar-refractivity contribution is 9.10. The van der Waals surface area contributed by atoms with Gasteiger partial charge in [0.2, 0.25) is 0 Å². The number of hydrogen-bond donors (Lipinski definition) is 1. The molecule has 0 bridgehead atoms. The fraction of sp³-hybridized carbons (Fsp3) is 0.200. The zero-order valence-electron chi connectivity index (χ0n) is 7.94. The van der Waals surface area contributed by atoms with E-state index in [2.05, 4.69) is 15.9 Å². The van der Waals surface area contributed by atoms with Crippen LogP contribution < -0.4 is 4.74 Å². The van der Waals surface area contributed by atoms with Crippen LogP contribution in [0.1, 0.15) is 6.92 Å². The average Bonchev–Trinajstić information content (AvgIpc) is 2.20. The van der Waals surface area contributed by atoms with E-state index < -0.39 is 17.9 Å². The largest absolute Gasteiger partial charge is 0.481 e. The van der Waals surface area contributed by atoms with E-state index >= 15 is 0 Å². The molecule has 15 heavy (non-hydrogen) atoms. The molecule has 0 aliphatic carbocycles. The molecule has 1 N–H and O–H groups in total. The van der Waals surface area contributed by atoms with Crippen molar-refractivity contribution in [2.24, 2.45) is 5.92 Å². The number of carbonyl (C=O) groups is 2. The lowest BCUT2D eigenvalue weighted by molar-refractivity contribution is -0.151. The number of aliphatic carboxylic acids is 1. The van der Waals surface area contributed by atoms with Gasteiger partial charge in [-0.25, -0.2) is 0 Å². The predicted molar refractivity (Wildman–Crippen MR) is 56.6 cm³/mol. The number of ether oxygens (including phenoxy) is 1. The number of carboxylic acid groups (broad SMARTS) is 1. The summed E-state index contributed by atoms with van der Waals surface area (Å²) in [5.74, 6) is -2.80. The minimum atomic E-state index is -1.20. The van der Waals surface area contributed by atoms with E-state index in [1.807, 2.05) is 0 Å². The minimum Gasteiger partial charge on any atom is -0.481 e. The lowest BCUT2D eigenvalue weighted by Crippen LogP contribution is -2.25. The average molecular weight is 273 g/mol. The number of halogens is 1. The lowest BCUT2D eigenvalue weighted by atomic mass is 10.2. The molecular weight excluding hydrogens is 264 g/mol. The Kier molecular flexibility index (Phi) is 3.85. The molecule has 1 unspecified atom stereocenters. The van der Waals surface area contributed by atoms with Gasteiger partial charge in [0, 0.05) is 4.47 Å². The van der Waals surface area contributed by atoms with Gasteiger partial charge in [0.25, 0.3) is 0 Å². The summed E-state index contributed by atoms with van der Waals surface area (Å²) in [6.45, 7) is 1.28. The fourth-order valence-corrected chi connectivity index (χ4v) is 1.07. The third-order valence-electron chi connectivity index (χ3n) is 1.76. The summed E-state index contributed by atoms with van der Waals surface area (Å²) in [6, 6.07) is 6.56. The number of esters is 1. The Bertz CT molecular complexity index is 372. The summed E-state index contributed by atoms with van der Waals surface area (Å²) < 4.78 is 5.71. The molecule has 0 saturated carbocycles. The van der Waals surface area contributed by atoms with Crippen LogP contribution >= 0.6 is 15.9 Å². The van der Waals surface area contributed by atoms with Crippen molar-refractivity contribution in [2.45, 2.75) is 6.92 Å². The molecule has 0 amide bonds. The van der Waals surface area contributed by atoms with Crippen LogP contribution in [0.25, 0.3) is 0 Å². The van der Waals surface area contributed by atoms with Gasteiger partial charge in [0.05, 0.1) is 0 Å². The minimum absolute atomic E-state index is 0.330. The van der Waals surface area contributed by atoms with Crippen molar-refractivity contribution in [1.29, 1.82) is 0 Å². The van der Waals surface area contributed by atoms with Crippen LogP contribution in [-0.4, -0.2) is 17.0 Å². The number of benzene rings is 1. The first-order chi connectivity index (χ1) is 7.00. The van der Waals surface area contributed by atoms with Gasteiger partial charge in [-0.15, -0.1) is 0 Å². The maximum Gasteiger partial charge on any atom is 0.325 e. The molecule has 0 fully saturated rings. The maximum absolute atomic E-state index is 11.2. The zero-order valence-corrected chi connectivity index (χ0v) is 9.52. The molecule has 5 heteroatoms. The highest BCUT2D eigenvalue weighted by atomic mass is 79.9. The smallest absolute Gasteiger partial charge is 0.325 e. The Morgan fingerprint density at radius 1 is 1.33 bits per heavy atom. The van der Waals surface area contributed by atoms with E-state index in [-0.39, 0.29) is 0 Å². The first-order valence-corrected chi connectivity index (χ1v) is 5.00. The van der Waals surface area contributed by atoms with E-state index in [0.717, 1.165) is 4.47 Å². The van der Waals surface area contributed by atoms with Gasteiger partial charge in [0.1, 0.15) is 5.75 Å². The van der Waals surface area contributed by atoms with Gasteiger partial charge in [-0.1, -0.05) is 15.9 Å². The molecule has 80 valence electrons. The van der Waals surface area contributed by atoms with Crippen molar-refractivity contribution in [2.75, 3.05) is 0 Å². The Morgan fingerprint density at radius 2 is 1.87 bits per heavy atom. The SMILES string of the molecule is CC(C(=O)O)C(=O)Oc1ccc(Br)cc1. The molecule has 1 rings (SSSR count). The normalized spacial score (nSPS) is 11.9. The molecule has 0 aliphatic rings. The number of carbonyl (C=O) groups excluding carboxylic acids is 1. The summed E-state index contributed by atoms with van der Waals surface area (Å²) in [5.41, 5.74) is 0. The molecule has 0 saturated heterocycles. The quantitative estimate of drug-likeness (QED) is 0.520. The number of hydrogen-bond acceptors (Lipinski definition) is 3. The second kappa shape index (κ2) is 4.93. The summed E-state index contributed by atoms with van der Waals surface area (Å²) >= 11 is 3.23. The van der Waals surface area contributed by atoms with Gasteiger partial charge in [-0.05, 0) is 31.2 Å². The first-order valence-electron chi connectivity index (χ1n) is 4.21. The maximum atomic E-state index is 11.2. The Balaban J connectivity index is 2.66. The predicted octanol–water partition coefficient (Wildman–Crippen LogP) is 2.08. The fourth-order valence-electron chi connectivity index (χ4n) is 0.808. The third-order valence-corrected chi connectivity index (χ3v) is 2.28. The second-order valence-electron chi connectivity index (χ2n) is 2.93. The van der Waals surface area contributed by atoms with Crippen molar-refractivity contribution >= 4 is 27.9 Å². The Labute approximate surface area is 95.0 Å². The standard InChI is InChI=1S/C10H9BrO4/c1-6(9(12)13)10(14)15-8-4-2-7(11)3-5-8/h2-6H,1H3,(H,12,13). The molecule has 1 atom stereocenters. The molecule has 1 aromatic carbocycles. The van der Waals surface area contributed by atoms with Crippen molar-refractivity contribution in [3.8, 4) is 5.75 Å². The van der Waals surface area contributed by atoms with Gasteiger partial charge < -0.3 is 9.84 Å². The molecule has 0 aromatic heterocycles. The van der Waals surface area contributed by atoms with Crippen LogP contribution in [0.5, 0.6) is 5.75 Å². The molecule has 0 heterocycles. The van der Waals surface area contributed by atoms with E-state index in [1.165, 1.54) is 6.92 Å². The van der Waals surface area contributed by atoms with Gasteiger partial charge in [-0.2, -0.15) is 0 Å². The highest BCUT2D eigenvalue weighted by Crippen LogP contribution is 2.17. The molecule has 0 spiro atoms. The van der Waals surface area contributed by atoms with Crippen LogP contribution in [0.15, 0.2) is 28.7 Å². The van der Waals surface area contributed by atoms with Crippen LogP contribution in [0.3, 0.4) is 0 Å². The van der Waals surface area contributed by atoms with Crippen LogP contribution in [0, 0.1) is 5.92 Å². The summed E-state index contributed by atoms with van der Waals surface area (Å²) in [5, 5.41) is 8.57. The van der Waals surface area contributed by atoms with E-state index in [0.29, 0.717) is 5.75 Å². The van der Waals surface area contributed by atoms with E-state index in [4.69, 9.17) is 9.84 Å². The second-order valence-corrected chi connectivity index (χ2v) is 3.85. The van der Waals surface area contributed by atoms with Crippen molar-refractivity contribution in [1.82, 2.24) is 0 Å².